The van der Waals surface area contributed by atoms with Crippen molar-refractivity contribution in [3.8, 4) is 10.6 Å². The number of nitrogens with one attached hydrogen (secondary N) is 2. The maximum absolute atomic E-state index is 14.1. The molecular formula is C44H44N7O3S. The molecule has 55 heavy (non-hydrogen) atoms. The molecule has 4 aromatic heterocycles. The Kier molecular flexibility index (Phi) is 7.83. The zero-order valence-electron chi connectivity index (χ0n) is 30.7. The molecule has 1 radical (unpaired) electrons. The standard InChI is InChI=1S/C44H40N7O3S.2H2/c1-26-20-32(39(46-23-26)50-24-44(25-50)16-13-28-21-29(28)14-17-44)40(52)47-31-11-9-27(10-12-31)41(53)51-19-15-30-22-36(55-38(30)37-35(51)8-5-18-45-37)43(2,54)42-48-33-6-3-4-7-34(33)49-42;;/h3-12,18,20-23,54H,13-17,19,24-25H2,1-2H3,(H,47,52)(H,48,49);2*1H. The predicted octanol–water partition coefficient (Wildman–Crippen LogP) is 8.49. The summed E-state index contributed by atoms with van der Waals surface area (Å²) in [5.74, 6) is 0.839. The summed E-state index contributed by atoms with van der Waals surface area (Å²) >= 11 is 1.47. The van der Waals surface area contributed by atoms with Crippen LogP contribution in [0.15, 0.2) is 96.3 Å². The number of aromatic nitrogens is 4. The number of carbonyl (C=O) groups excluding carboxylic acids is 2. The Morgan fingerprint density at radius 1 is 0.982 bits per heavy atom. The quantitative estimate of drug-likeness (QED) is 0.156. The molecule has 1 fully saturated rings. The van der Waals surface area contributed by atoms with Crippen molar-refractivity contribution in [1.29, 1.82) is 0 Å². The third-order valence-electron chi connectivity index (χ3n) is 11.8. The van der Waals surface area contributed by atoms with E-state index >= 15 is 0 Å². The molecule has 1 atom stereocenters. The molecule has 6 aromatic rings. The zero-order chi connectivity index (χ0) is 37.5. The van der Waals surface area contributed by atoms with Crippen LogP contribution in [-0.2, 0) is 12.0 Å². The van der Waals surface area contributed by atoms with Crippen molar-refractivity contribution < 1.29 is 17.5 Å². The van der Waals surface area contributed by atoms with Crippen molar-refractivity contribution >= 4 is 51.4 Å². The average Bonchev–Trinajstić information content (AvgIpc) is 3.67. The van der Waals surface area contributed by atoms with Gasteiger partial charge in [-0.3, -0.25) is 14.6 Å². The molecule has 10 rings (SSSR count). The molecule has 1 spiro atoms. The van der Waals surface area contributed by atoms with Crippen molar-refractivity contribution in [2.75, 3.05) is 34.8 Å². The summed E-state index contributed by atoms with van der Waals surface area (Å²) in [6, 6.07) is 22.5. The van der Waals surface area contributed by atoms with E-state index < -0.39 is 5.60 Å². The fourth-order valence-electron chi connectivity index (χ4n) is 8.53. The van der Waals surface area contributed by atoms with Crippen molar-refractivity contribution in [3.63, 3.8) is 0 Å². The van der Waals surface area contributed by atoms with E-state index in [1.54, 1.807) is 53.4 Å². The maximum atomic E-state index is 14.1. The number of benzene rings is 2. The molecule has 11 heteroatoms. The normalized spacial score (nSPS) is 18.1. The molecule has 0 bridgehead atoms. The average molecular weight is 751 g/mol. The second-order valence-corrected chi connectivity index (χ2v) is 16.7. The van der Waals surface area contributed by atoms with Gasteiger partial charge in [-0.2, -0.15) is 0 Å². The van der Waals surface area contributed by atoms with E-state index in [0.29, 0.717) is 52.4 Å². The number of aromatic amines is 1. The fourth-order valence-corrected chi connectivity index (χ4v) is 9.80. The Morgan fingerprint density at radius 3 is 2.55 bits per heavy atom. The lowest BCUT2D eigenvalue weighted by Crippen LogP contribution is -2.57. The number of pyridine rings is 2. The van der Waals surface area contributed by atoms with E-state index in [2.05, 4.69) is 26.6 Å². The number of aryl methyl sites for hydroxylation is 1. The van der Waals surface area contributed by atoms with Crippen LogP contribution in [0, 0.1) is 18.8 Å². The van der Waals surface area contributed by atoms with Crippen molar-refractivity contribution in [1.82, 2.24) is 19.9 Å². The number of rotatable bonds is 6. The number of aliphatic hydroxyl groups is 1. The smallest absolute Gasteiger partial charge is 0.259 e. The van der Waals surface area contributed by atoms with Crippen LogP contribution in [0.1, 0.15) is 78.0 Å². The van der Waals surface area contributed by atoms with E-state index in [4.69, 9.17) is 9.97 Å². The number of H-pyrrole nitrogens is 1. The first-order chi connectivity index (χ1) is 26.6. The first-order valence-corrected chi connectivity index (χ1v) is 19.7. The first kappa shape index (κ1) is 33.9. The second-order valence-electron chi connectivity index (χ2n) is 15.7. The van der Waals surface area contributed by atoms with Gasteiger partial charge in [0.1, 0.15) is 17.3 Å². The number of thiophene rings is 1. The van der Waals surface area contributed by atoms with Crippen molar-refractivity contribution in [3.05, 3.63) is 136 Å². The summed E-state index contributed by atoms with van der Waals surface area (Å²) in [6.07, 6.45) is 11.2. The van der Waals surface area contributed by atoms with Gasteiger partial charge in [0.15, 0.2) is 5.60 Å². The van der Waals surface area contributed by atoms with Gasteiger partial charge < -0.3 is 25.2 Å². The number of nitrogens with zero attached hydrogens (tertiary/aromatic N) is 5. The first-order valence-electron chi connectivity index (χ1n) is 18.9. The van der Waals surface area contributed by atoms with Crippen molar-refractivity contribution in [2.45, 2.75) is 51.6 Å². The number of amides is 2. The van der Waals surface area contributed by atoms with Crippen LogP contribution in [0.4, 0.5) is 17.2 Å². The summed E-state index contributed by atoms with van der Waals surface area (Å²) in [6.45, 7) is 5.99. The molecule has 3 N–H and O–H groups in total. The van der Waals surface area contributed by atoms with Crippen LogP contribution in [0.5, 0.6) is 0 Å². The largest absolute Gasteiger partial charge is 0.377 e. The fraction of sp³-hybridized carbons (Fsp3) is 0.273. The van der Waals surface area contributed by atoms with Gasteiger partial charge in [0.25, 0.3) is 11.8 Å². The van der Waals surface area contributed by atoms with Gasteiger partial charge in [-0.05, 0) is 118 Å². The minimum absolute atomic E-state index is 0. The van der Waals surface area contributed by atoms with Crippen LogP contribution in [0.3, 0.4) is 0 Å². The lowest BCUT2D eigenvalue weighted by molar-refractivity contribution is 0.0970. The SMILES string of the molecule is Cc1cnc(N2CC3(CCC4=C([CH]4)CC3)C2)c(C(=O)Nc2ccc(C(=O)N3CCc4cc(C(C)(O)c5nc6ccccc6[nH]5)sc4-c4ncccc43)cc2)c1.[HH].[HH]. The molecule has 10 nitrogen and oxygen atoms in total. The topological polar surface area (TPSA) is 127 Å². The molecular weight excluding hydrogens is 707 g/mol. The number of hydrogen-bond acceptors (Lipinski definition) is 8. The Hall–Kier alpha value is -5.65. The molecule has 279 valence electrons. The Morgan fingerprint density at radius 2 is 1.76 bits per heavy atom. The molecule has 1 unspecified atom stereocenters. The second kappa shape index (κ2) is 12.7. The highest BCUT2D eigenvalue weighted by Gasteiger charge is 2.46. The van der Waals surface area contributed by atoms with Crippen LogP contribution >= 0.6 is 11.3 Å². The molecule has 2 aromatic carbocycles. The van der Waals surface area contributed by atoms with Crippen LogP contribution < -0.4 is 15.1 Å². The summed E-state index contributed by atoms with van der Waals surface area (Å²) in [5, 5.41) is 14.8. The van der Waals surface area contributed by atoms with Gasteiger partial charge in [-0.15, -0.1) is 11.3 Å². The van der Waals surface area contributed by atoms with Crippen LogP contribution in [0.25, 0.3) is 21.6 Å². The molecule has 4 aliphatic rings. The van der Waals surface area contributed by atoms with Crippen molar-refractivity contribution in [2.24, 2.45) is 5.41 Å². The van der Waals surface area contributed by atoms with E-state index in [-0.39, 0.29) is 14.7 Å². The van der Waals surface area contributed by atoms with E-state index in [9.17, 15) is 14.7 Å². The summed E-state index contributed by atoms with van der Waals surface area (Å²) in [4.78, 5) is 51.0. The third-order valence-corrected chi connectivity index (χ3v) is 13.2. The maximum Gasteiger partial charge on any atom is 0.259 e. The highest BCUT2D eigenvalue weighted by molar-refractivity contribution is 7.16. The number of anilines is 3. The van der Waals surface area contributed by atoms with Gasteiger partial charge in [-0.1, -0.05) is 23.3 Å². The molecule has 6 heterocycles. The number of allylic oxidation sites excluding steroid dienone is 2. The minimum Gasteiger partial charge on any atom is -0.377 e. The number of fused-ring (bicyclic) bond motifs is 4. The Bertz CT molecular complexity index is 2520. The Labute approximate surface area is 325 Å². The molecule has 0 saturated carbocycles. The van der Waals surface area contributed by atoms with E-state index in [1.165, 1.54) is 37.0 Å². The molecule has 1 saturated heterocycles. The van der Waals surface area contributed by atoms with E-state index in [0.717, 1.165) is 50.8 Å². The highest BCUT2D eigenvalue weighted by Crippen LogP contribution is 2.51. The summed E-state index contributed by atoms with van der Waals surface area (Å²) < 4.78 is 0. The van der Waals surface area contributed by atoms with Crippen LogP contribution in [0.2, 0.25) is 0 Å². The lowest BCUT2D eigenvalue weighted by atomic mass is 9.72. The monoisotopic (exact) mass is 750 g/mol. The summed E-state index contributed by atoms with van der Waals surface area (Å²) in [7, 11) is 0. The zero-order valence-corrected chi connectivity index (χ0v) is 31.5. The number of imidazole rings is 1. The lowest BCUT2D eigenvalue weighted by Gasteiger charge is -2.51. The van der Waals surface area contributed by atoms with Gasteiger partial charge in [-0.25, -0.2) is 9.97 Å². The van der Waals surface area contributed by atoms with Crippen LogP contribution in [-0.4, -0.2) is 56.5 Å². The van der Waals surface area contributed by atoms with Gasteiger partial charge >= 0.3 is 0 Å². The number of hydrogen-bond donors (Lipinski definition) is 3. The van der Waals surface area contributed by atoms with Gasteiger partial charge in [0.2, 0.25) is 0 Å². The Balaban J connectivity index is 0.00000228. The van der Waals surface area contributed by atoms with E-state index in [1.807, 2.05) is 61.7 Å². The predicted molar refractivity (Wildman–Crippen MR) is 220 cm³/mol. The highest BCUT2D eigenvalue weighted by atomic mass is 32.1. The minimum atomic E-state index is -1.35. The van der Waals surface area contributed by atoms with Gasteiger partial charge in [0, 0.05) is 62.8 Å². The number of para-hydroxylation sites is 2. The summed E-state index contributed by atoms with van der Waals surface area (Å²) in [5.41, 5.74) is 8.76. The third kappa shape index (κ3) is 5.93. The molecule has 2 aliphatic heterocycles. The molecule has 2 amide bonds. The molecule has 2 aliphatic carbocycles. The van der Waals surface area contributed by atoms with Gasteiger partial charge in [0.05, 0.1) is 27.2 Å². The number of carbonyl (C=O) groups is 2.